The zero-order valence-corrected chi connectivity index (χ0v) is 42.8. The van der Waals surface area contributed by atoms with Crippen LogP contribution in [0.1, 0.15) is 125 Å². The van der Waals surface area contributed by atoms with Crippen LogP contribution in [0.25, 0.3) is 27.6 Å². The summed E-state index contributed by atoms with van der Waals surface area (Å²) in [5.41, 5.74) is 4.28. The molecule has 0 aliphatic carbocycles. The number of H-pyrrole nitrogens is 2. The quantitative estimate of drug-likeness (QED) is 0.0627. The van der Waals surface area contributed by atoms with Crippen LogP contribution in [0, 0.1) is 16.2 Å². The van der Waals surface area contributed by atoms with Crippen molar-refractivity contribution in [2.24, 2.45) is 16.2 Å². The lowest BCUT2D eigenvalue weighted by Crippen LogP contribution is -2.20. The monoisotopic (exact) mass is 1010 g/mol. The van der Waals surface area contributed by atoms with Crippen LogP contribution in [0.3, 0.4) is 0 Å². The van der Waals surface area contributed by atoms with Crippen molar-refractivity contribution in [2.75, 3.05) is 16.0 Å². The van der Waals surface area contributed by atoms with Crippen LogP contribution >= 0.6 is 0 Å². The fourth-order valence-corrected chi connectivity index (χ4v) is 7.23. The fraction of sp³-hybridized carbons (Fsp3) is 0.211. The number of rotatable bonds is 9. The third-order valence-electron chi connectivity index (χ3n) is 11.3. The lowest BCUT2D eigenvalue weighted by Gasteiger charge is -2.14. The average Bonchev–Trinajstić information content (AvgIpc) is 4.10. The van der Waals surface area contributed by atoms with Gasteiger partial charge in [0.25, 0.3) is 17.7 Å². The number of amides is 3. The van der Waals surface area contributed by atoms with E-state index in [0.29, 0.717) is 62.3 Å². The Labute approximate surface area is 431 Å². The van der Waals surface area contributed by atoms with E-state index >= 15 is 0 Å². The number of hydrogen-bond acceptors (Lipinski definition) is 12. The summed E-state index contributed by atoms with van der Waals surface area (Å²) in [5.74, 6) is -0.250. The molecule has 75 heavy (non-hydrogen) atoms. The maximum atomic E-state index is 12.4. The van der Waals surface area contributed by atoms with Gasteiger partial charge in [0.05, 0.1) is 40.7 Å². The van der Waals surface area contributed by atoms with Crippen molar-refractivity contribution >= 4 is 79.8 Å². The predicted octanol–water partition coefficient (Wildman–Crippen LogP) is 11.0. The van der Waals surface area contributed by atoms with Gasteiger partial charge in [0, 0.05) is 56.1 Å². The molecule has 0 unspecified atom stereocenters. The molecule has 0 spiro atoms. The number of anilines is 3. The third kappa shape index (κ3) is 13.3. The number of benzene rings is 3. The minimum absolute atomic E-state index is 0.000166. The summed E-state index contributed by atoms with van der Waals surface area (Å²) in [6.07, 6.45) is 6.49. The standard InChI is InChI=1S/3C19H19N3O3/c1-19(2,3)17(24)15-11-22-10-13(6-9-16(22)21-15)20-18(25)12-4-7-14(23)8-5-12;1-19(2,3)16(24)15-9-12-8-13(10-20-17(12)22-15)21-18(25)11-4-6-14(23)7-5-11;1-19(2,3)17(24)14-8-12-9-16(20-10-15(12)21-14)22-18(25)11-4-6-13(23)7-5-11/h4-11,23H,1-3H3,(H,20,25);4-10,23H,1-3H3,(H,20,22)(H,21,25);4-10,21,23H,1-3H3,(H,20,22,25). The van der Waals surface area contributed by atoms with Gasteiger partial charge in [-0.2, -0.15) is 0 Å². The Hall–Kier alpha value is -9.45. The molecule has 0 saturated carbocycles. The van der Waals surface area contributed by atoms with Gasteiger partial charge in [-0.25, -0.2) is 15.0 Å². The van der Waals surface area contributed by atoms with Gasteiger partial charge in [0.1, 0.15) is 40.1 Å². The Balaban J connectivity index is 0.000000164. The number of Topliss-reactive ketones (excluding diaryl/α,β-unsaturated/α-hetero) is 3. The van der Waals surface area contributed by atoms with Crippen molar-refractivity contribution in [1.29, 1.82) is 0 Å². The summed E-state index contributed by atoms with van der Waals surface area (Å²) in [4.78, 5) is 92.6. The van der Waals surface area contributed by atoms with E-state index in [2.05, 4.69) is 40.9 Å². The Kier molecular flexibility index (Phi) is 15.2. The van der Waals surface area contributed by atoms with Crippen molar-refractivity contribution in [3.63, 3.8) is 0 Å². The molecule has 3 amide bonds. The summed E-state index contributed by atoms with van der Waals surface area (Å²) < 4.78 is 1.71. The number of pyridine rings is 3. The molecule has 0 fully saturated rings. The molecule has 6 aromatic heterocycles. The highest BCUT2D eigenvalue weighted by Gasteiger charge is 2.27. The largest absolute Gasteiger partial charge is 0.508 e. The van der Waals surface area contributed by atoms with Crippen LogP contribution in [0.2, 0.25) is 0 Å². The van der Waals surface area contributed by atoms with E-state index in [1.807, 2.05) is 62.3 Å². The highest BCUT2D eigenvalue weighted by atomic mass is 16.3. The first-order valence-electron chi connectivity index (χ1n) is 23.6. The van der Waals surface area contributed by atoms with Crippen molar-refractivity contribution in [3.8, 4) is 17.2 Å². The van der Waals surface area contributed by atoms with Gasteiger partial charge in [-0.05, 0) is 109 Å². The number of aromatic hydroxyl groups is 3. The molecule has 0 aliphatic rings. The normalized spacial score (nSPS) is 11.5. The molecular weight excluding hydrogens is 955 g/mol. The van der Waals surface area contributed by atoms with Gasteiger partial charge in [0.15, 0.2) is 17.3 Å². The molecule has 3 aromatic carbocycles. The molecule has 18 heteroatoms. The van der Waals surface area contributed by atoms with Gasteiger partial charge in [-0.3, -0.25) is 28.8 Å². The van der Waals surface area contributed by atoms with Crippen molar-refractivity contribution in [1.82, 2.24) is 29.3 Å². The van der Waals surface area contributed by atoms with Gasteiger partial charge >= 0.3 is 0 Å². The van der Waals surface area contributed by atoms with Crippen molar-refractivity contribution < 1.29 is 44.1 Å². The minimum atomic E-state index is -0.506. The second-order valence-electron chi connectivity index (χ2n) is 20.7. The molecule has 384 valence electrons. The van der Waals surface area contributed by atoms with Crippen LogP contribution in [0.5, 0.6) is 17.2 Å². The summed E-state index contributed by atoms with van der Waals surface area (Å²) >= 11 is 0. The molecule has 9 rings (SSSR count). The number of aromatic nitrogens is 6. The van der Waals surface area contributed by atoms with E-state index in [1.54, 1.807) is 71.5 Å². The van der Waals surface area contributed by atoms with Gasteiger partial charge in [-0.1, -0.05) is 62.3 Å². The summed E-state index contributed by atoms with van der Waals surface area (Å²) in [6.45, 7) is 16.7. The molecule has 9 aromatic rings. The molecule has 0 saturated heterocycles. The van der Waals surface area contributed by atoms with E-state index in [-0.39, 0.29) is 52.3 Å². The first-order chi connectivity index (χ1) is 35.2. The molecule has 8 N–H and O–H groups in total. The number of hydrogen-bond donors (Lipinski definition) is 8. The molecule has 18 nitrogen and oxygen atoms in total. The second kappa shape index (κ2) is 21.3. The summed E-state index contributed by atoms with van der Waals surface area (Å²) in [7, 11) is 0. The zero-order valence-electron chi connectivity index (χ0n) is 42.8. The van der Waals surface area contributed by atoms with Crippen LogP contribution in [-0.4, -0.2) is 79.7 Å². The van der Waals surface area contributed by atoms with Crippen molar-refractivity contribution in [3.05, 3.63) is 168 Å². The molecule has 0 bridgehead atoms. The highest BCUT2D eigenvalue weighted by Crippen LogP contribution is 2.27. The topological polar surface area (TPSA) is 274 Å². The minimum Gasteiger partial charge on any atom is -0.508 e. The maximum Gasteiger partial charge on any atom is 0.256 e. The average molecular weight is 1010 g/mol. The first-order valence-corrected chi connectivity index (χ1v) is 23.6. The number of imidazole rings is 1. The number of ketones is 3. The van der Waals surface area contributed by atoms with E-state index < -0.39 is 16.2 Å². The lowest BCUT2D eigenvalue weighted by molar-refractivity contribution is 0.0848. The van der Waals surface area contributed by atoms with E-state index in [1.165, 1.54) is 66.9 Å². The fourth-order valence-electron chi connectivity index (χ4n) is 7.23. The molecule has 0 atom stereocenters. The Morgan fingerprint density at radius 2 is 0.947 bits per heavy atom. The van der Waals surface area contributed by atoms with E-state index in [4.69, 9.17) is 0 Å². The smallest absolute Gasteiger partial charge is 0.256 e. The van der Waals surface area contributed by atoms with Crippen LogP contribution in [-0.2, 0) is 0 Å². The number of nitrogens with one attached hydrogen (secondary N) is 5. The van der Waals surface area contributed by atoms with Crippen molar-refractivity contribution in [2.45, 2.75) is 62.3 Å². The predicted molar refractivity (Wildman–Crippen MR) is 287 cm³/mol. The van der Waals surface area contributed by atoms with Crippen LogP contribution in [0.4, 0.5) is 17.2 Å². The van der Waals surface area contributed by atoms with Crippen LogP contribution in [0.15, 0.2) is 134 Å². The number of phenols is 3. The van der Waals surface area contributed by atoms with Crippen LogP contribution < -0.4 is 16.0 Å². The Bertz CT molecular complexity index is 3230. The highest BCUT2D eigenvalue weighted by molar-refractivity contribution is 6.08. The molecule has 0 radical (unpaired) electrons. The van der Waals surface area contributed by atoms with Gasteiger partial charge in [-0.15, -0.1) is 0 Å². The maximum absolute atomic E-state index is 12.4. The number of carbonyl (C=O) groups is 6. The third-order valence-corrected chi connectivity index (χ3v) is 11.3. The zero-order chi connectivity index (χ0) is 54.6. The number of aromatic amines is 2. The Morgan fingerprint density at radius 1 is 0.480 bits per heavy atom. The number of fused-ring (bicyclic) bond motifs is 3. The van der Waals surface area contributed by atoms with E-state index in [0.717, 1.165) is 16.3 Å². The van der Waals surface area contributed by atoms with Gasteiger partial charge < -0.3 is 45.6 Å². The van der Waals surface area contributed by atoms with Gasteiger partial charge in [0.2, 0.25) is 0 Å². The molecule has 6 heterocycles. The lowest BCUT2D eigenvalue weighted by atomic mass is 9.89. The Morgan fingerprint density at radius 3 is 1.45 bits per heavy atom. The SMILES string of the molecule is CC(C)(C)C(=O)c1cc2cc(NC(=O)c3ccc(O)cc3)cnc2[nH]1.CC(C)(C)C(=O)c1cc2cc(NC(=O)c3ccc(O)cc3)ncc2[nH]1.CC(C)(C)C(=O)c1cn2cc(NC(=O)c3ccc(O)cc3)ccc2n1. The summed E-state index contributed by atoms with van der Waals surface area (Å²) in [5, 5.41) is 37.6. The number of nitrogens with zero attached hydrogens (tertiary/aromatic N) is 4. The number of carbonyl (C=O) groups excluding carboxylic acids is 6. The molecule has 0 aliphatic heterocycles. The second-order valence-corrected chi connectivity index (χ2v) is 20.7. The summed E-state index contributed by atoms with van der Waals surface area (Å²) in [6, 6.07) is 28.4. The molecular formula is C57H57N9O9. The first kappa shape index (κ1) is 53.4. The van der Waals surface area contributed by atoms with E-state index in [9.17, 15) is 44.1 Å². The number of phenolic OH excluding ortho intramolecular Hbond substituents is 3.